The third kappa shape index (κ3) is 3.16. The van der Waals surface area contributed by atoms with Gasteiger partial charge in [-0.1, -0.05) is 23.8 Å². The average molecular weight is 337 g/mol. The summed E-state index contributed by atoms with van der Waals surface area (Å²) in [6.45, 7) is 2.53. The van der Waals surface area contributed by atoms with Gasteiger partial charge in [0.05, 0.1) is 0 Å². The highest BCUT2D eigenvalue weighted by Crippen LogP contribution is 2.32. The molecule has 2 heterocycles. The molecule has 0 aliphatic carbocycles. The van der Waals surface area contributed by atoms with Crippen molar-refractivity contribution in [3.05, 3.63) is 59.5 Å². The standard InChI is InChI=1S/C18H15N3O4/c1-11-2-5-13(6-3-11)17-20-21-18(25-17)16(22)19-9-12-4-7-14-15(8-12)24-10-23-14/h2-8H,9-10H2,1H3,(H,19,22). The first-order chi connectivity index (χ1) is 12.2. The summed E-state index contributed by atoms with van der Waals surface area (Å²) in [6.07, 6.45) is 0. The molecule has 0 saturated heterocycles. The van der Waals surface area contributed by atoms with Gasteiger partial charge in [-0.2, -0.15) is 0 Å². The number of aromatic nitrogens is 2. The SMILES string of the molecule is Cc1ccc(-c2nnc(C(=O)NCc3ccc4c(c3)OCO4)o2)cc1. The number of amides is 1. The number of benzene rings is 2. The maximum atomic E-state index is 12.2. The summed E-state index contributed by atoms with van der Waals surface area (Å²) in [6, 6.07) is 13.1. The highest BCUT2D eigenvalue weighted by molar-refractivity contribution is 5.89. The molecule has 0 spiro atoms. The van der Waals surface area contributed by atoms with Gasteiger partial charge in [0.25, 0.3) is 0 Å². The van der Waals surface area contributed by atoms with Crippen molar-refractivity contribution in [1.29, 1.82) is 0 Å². The summed E-state index contributed by atoms with van der Waals surface area (Å²) in [5.41, 5.74) is 2.79. The van der Waals surface area contributed by atoms with Gasteiger partial charge < -0.3 is 19.2 Å². The van der Waals surface area contributed by atoms with Crippen molar-refractivity contribution in [2.75, 3.05) is 6.79 Å². The first-order valence-corrected chi connectivity index (χ1v) is 7.76. The first-order valence-electron chi connectivity index (χ1n) is 7.76. The van der Waals surface area contributed by atoms with Crippen LogP contribution >= 0.6 is 0 Å². The Balaban J connectivity index is 1.42. The Bertz CT molecular complexity index is 918. The molecule has 0 saturated carbocycles. The number of fused-ring (bicyclic) bond motifs is 1. The Kier molecular flexibility index (Phi) is 3.81. The number of nitrogens with one attached hydrogen (secondary N) is 1. The molecule has 1 aromatic heterocycles. The van der Waals surface area contributed by atoms with Gasteiger partial charge >= 0.3 is 11.8 Å². The molecule has 1 aliphatic heterocycles. The van der Waals surface area contributed by atoms with E-state index in [-0.39, 0.29) is 12.7 Å². The second-order valence-corrected chi connectivity index (χ2v) is 5.65. The van der Waals surface area contributed by atoms with Crippen LogP contribution in [0.3, 0.4) is 0 Å². The predicted octanol–water partition coefficient (Wildman–Crippen LogP) is 2.70. The minimum atomic E-state index is -0.427. The lowest BCUT2D eigenvalue weighted by Gasteiger charge is -2.04. The fourth-order valence-corrected chi connectivity index (χ4v) is 2.44. The van der Waals surface area contributed by atoms with Gasteiger partial charge in [0.1, 0.15) is 0 Å². The molecule has 7 nitrogen and oxygen atoms in total. The van der Waals surface area contributed by atoms with E-state index in [9.17, 15) is 4.79 Å². The number of aryl methyl sites for hydroxylation is 1. The van der Waals surface area contributed by atoms with E-state index in [0.29, 0.717) is 23.9 Å². The third-order valence-electron chi connectivity index (χ3n) is 3.81. The van der Waals surface area contributed by atoms with Crippen LogP contribution < -0.4 is 14.8 Å². The summed E-state index contributed by atoms with van der Waals surface area (Å²) >= 11 is 0. The minimum Gasteiger partial charge on any atom is -0.454 e. The van der Waals surface area contributed by atoms with E-state index in [1.807, 2.05) is 49.4 Å². The lowest BCUT2D eigenvalue weighted by atomic mass is 10.1. The van der Waals surface area contributed by atoms with Crippen LogP contribution in [0.2, 0.25) is 0 Å². The Labute approximate surface area is 143 Å². The molecule has 0 bridgehead atoms. The summed E-state index contributed by atoms with van der Waals surface area (Å²) in [4.78, 5) is 12.2. The van der Waals surface area contributed by atoms with Gasteiger partial charge in [-0.05, 0) is 36.8 Å². The number of hydrogen-bond donors (Lipinski definition) is 1. The van der Waals surface area contributed by atoms with Crippen LogP contribution in [0.25, 0.3) is 11.5 Å². The number of carbonyl (C=O) groups excluding carboxylic acids is 1. The largest absolute Gasteiger partial charge is 0.454 e. The molecule has 2 aromatic carbocycles. The van der Waals surface area contributed by atoms with Crippen LogP contribution in [-0.2, 0) is 6.54 Å². The van der Waals surface area contributed by atoms with E-state index in [0.717, 1.165) is 16.7 Å². The minimum absolute atomic E-state index is 0.0729. The van der Waals surface area contributed by atoms with E-state index in [2.05, 4.69) is 15.5 Å². The Morgan fingerprint density at radius 2 is 1.88 bits per heavy atom. The molecule has 4 rings (SSSR count). The lowest BCUT2D eigenvalue weighted by molar-refractivity contribution is 0.0916. The fourth-order valence-electron chi connectivity index (χ4n) is 2.44. The van der Waals surface area contributed by atoms with E-state index in [1.165, 1.54) is 0 Å². The fraction of sp³-hybridized carbons (Fsp3) is 0.167. The monoisotopic (exact) mass is 337 g/mol. The maximum absolute atomic E-state index is 12.2. The normalized spacial score (nSPS) is 12.2. The molecule has 0 unspecified atom stereocenters. The molecule has 0 fully saturated rings. The van der Waals surface area contributed by atoms with E-state index in [1.54, 1.807) is 0 Å². The molecular weight excluding hydrogens is 322 g/mol. The summed E-state index contributed by atoms with van der Waals surface area (Å²) < 4.78 is 16.0. The summed E-state index contributed by atoms with van der Waals surface area (Å²) in [5, 5.41) is 10.5. The van der Waals surface area contributed by atoms with Crippen LogP contribution in [0, 0.1) is 6.92 Å². The van der Waals surface area contributed by atoms with Crippen LogP contribution in [0.1, 0.15) is 21.8 Å². The van der Waals surface area contributed by atoms with Crippen molar-refractivity contribution in [1.82, 2.24) is 15.5 Å². The van der Waals surface area contributed by atoms with Crippen LogP contribution in [0.4, 0.5) is 0 Å². The van der Waals surface area contributed by atoms with Gasteiger partial charge in [-0.15, -0.1) is 10.2 Å². The van der Waals surface area contributed by atoms with E-state index in [4.69, 9.17) is 13.9 Å². The topological polar surface area (TPSA) is 86.5 Å². The zero-order chi connectivity index (χ0) is 17.2. The van der Waals surface area contributed by atoms with Crippen LogP contribution in [-0.4, -0.2) is 22.9 Å². The first kappa shape index (κ1) is 15.2. The van der Waals surface area contributed by atoms with Crippen molar-refractivity contribution in [2.45, 2.75) is 13.5 Å². The van der Waals surface area contributed by atoms with Gasteiger partial charge in [0.15, 0.2) is 11.5 Å². The molecule has 25 heavy (non-hydrogen) atoms. The second-order valence-electron chi connectivity index (χ2n) is 5.65. The van der Waals surface area contributed by atoms with E-state index < -0.39 is 5.91 Å². The highest BCUT2D eigenvalue weighted by Gasteiger charge is 2.17. The molecule has 1 aliphatic rings. The second kappa shape index (κ2) is 6.27. The van der Waals surface area contributed by atoms with Crippen molar-refractivity contribution in [3.8, 4) is 23.0 Å². The molecule has 7 heteroatoms. The smallest absolute Gasteiger partial charge is 0.309 e. The number of rotatable bonds is 4. The van der Waals surface area contributed by atoms with Gasteiger partial charge in [-0.25, -0.2) is 0 Å². The van der Waals surface area contributed by atoms with Crippen molar-refractivity contribution in [2.24, 2.45) is 0 Å². The Morgan fingerprint density at radius 1 is 1.08 bits per heavy atom. The molecule has 0 radical (unpaired) electrons. The maximum Gasteiger partial charge on any atom is 0.309 e. The number of nitrogens with zero attached hydrogens (tertiary/aromatic N) is 2. The average Bonchev–Trinajstić information content (AvgIpc) is 3.29. The number of ether oxygens (including phenoxy) is 2. The Hall–Kier alpha value is -3.35. The molecule has 126 valence electrons. The van der Waals surface area contributed by atoms with Crippen LogP contribution in [0.15, 0.2) is 46.9 Å². The lowest BCUT2D eigenvalue weighted by Crippen LogP contribution is -2.23. The number of hydrogen-bond acceptors (Lipinski definition) is 6. The number of carbonyl (C=O) groups is 1. The molecular formula is C18H15N3O4. The Morgan fingerprint density at radius 3 is 2.72 bits per heavy atom. The highest BCUT2D eigenvalue weighted by atomic mass is 16.7. The quantitative estimate of drug-likeness (QED) is 0.788. The zero-order valence-electron chi connectivity index (χ0n) is 13.5. The van der Waals surface area contributed by atoms with Gasteiger partial charge in [-0.3, -0.25) is 4.79 Å². The predicted molar refractivity (Wildman–Crippen MR) is 88.2 cm³/mol. The molecule has 3 aromatic rings. The van der Waals surface area contributed by atoms with E-state index >= 15 is 0 Å². The third-order valence-corrected chi connectivity index (χ3v) is 3.81. The summed E-state index contributed by atoms with van der Waals surface area (Å²) in [7, 11) is 0. The van der Waals surface area contributed by atoms with Crippen molar-refractivity contribution in [3.63, 3.8) is 0 Å². The molecule has 1 amide bonds. The molecule has 0 atom stereocenters. The zero-order valence-corrected chi connectivity index (χ0v) is 13.5. The van der Waals surface area contributed by atoms with Crippen molar-refractivity contribution >= 4 is 5.91 Å². The van der Waals surface area contributed by atoms with Gasteiger partial charge in [0.2, 0.25) is 12.7 Å². The van der Waals surface area contributed by atoms with Crippen molar-refractivity contribution < 1.29 is 18.7 Å². The van der Waals surface area contributed by atoms with Crippen LogP contribution in [0.5, 0.6) is 11.5 Å². The summed E-state index contributed by atoms with van der Waals surface area (Å²) in [5.74, 6) is 1.19. The molecule has 1 N–H and O–H groups in total. The van der Waals surface area contributed by atoms with Gasteiger partial charge in [0, 0.05) is 12.1 Å².